The van der Waals surface area contributed by atoms with E-state index in [4.69, 9.17) is 10.00 Å². The normalized spacial score (nSPS) is 16.2. The molecule has 9 heteroatoms. The summed E-state index contributed by atoms with van der Waals surface area (Å²) in [5.41, 5.74) is 0.634. The van der Waals surface area contributed by atoms with Crippen LogP contribution in [0.2, 0.25) is 0 Å². The number of hydrogen-bond donors (Lipinski definition) is 0. The molecular formula is C21H26N6O3. The summed E-state index contributed by atoms with van der Waals surface area (Å²) < 4.78 is 6.89. The monoisotopic (exact) mass is 410 g/mol. The van der Waals surface area contributed by atoms with Crippen molar-refractivity contribution in [1.82, 2.24) is 24.6 Å². The lowest BCUT2D eigenvalue weighted by molar-refractivity contribution is 0.0286. The number of rotatable bonds is 4. The standard InChI is InChI=1S/C21H26N6O3/c1-21(2,3)30-20(29)26-9-8-16(13-26)12-25(4)19(28)18-23-14-27(24-18)17-7-5-6-15(10-17)11-22/h5-7,10,14,16H,8-9,12-13H2,1-4H3/t16-/m1/s1. The Labute approximate surface area is 175 Å². The van der Waals surface area contributed by atoms with Gasteiger partial charge >= 0.3 is 6.09 Å². The summed E-state index contributed by atoms with van der Waals surface area (Å²) in [5, 5.41) is 13.3. The molecule has 0 unspecified atom stereocenters. The van der Waals surface area contributed by atoms with Crippen molar-refractivity contribution in [3.63, 3.8) is 0 Å². The minimum absolute atomic E-state index is 0.0851. The van der Waals surface area contributed by atoms with E-state index < -0.39 is 5.60 Å². The zero-order valence-corrected chi connectivity index (χ0v) is 17.7. The fourth-order valence-electron chi connectivity index (χ4n) is 3.32. The Morgan fingerprint density at radius 2 is 2.13 bits per heavy atom. The van der Waals surface area contributed by atoms with Crippen molar-refractivity contribution in [3.05, 3.63) is 42.0 Å². The predicted molar refractivity (Wildman–Crippen MR) is 109 cm³/mol. The number of amides is 2. The Bertz CT molecular complexity index is 972. The fraction of sp³-hybridized carbons (Fsp3) is 0.476. The van der Waals surface area contributed by atoms with Crippen LogP contribution in [0.3, 0.4) is 0 Å². The van der Waals surface area contributed by atoms with E-state index in [0.717, 1.165) is 6.42 Å². The van der Waals surface area contributed by atoms with E-state index in [0.29, 0.717) is 30.9 Å². The summed E-state index contributed by atoms with van der Waals surface area (Å²) in [7, 11) is 1.70. The van der Waals surface area contributed by atoms with E-state index in [-0.39, 0.29) is 23.7 Å². The number of likely N-dealkylation sites (tertiary alicyclic amines) is 1. The maximum Gasteiger partial charge on any atom is 0.410 e. The van der Waals surface area contributed by atoms with Gasteiger partial charge in [-0.05, 0) is 51.3 Å². The average Bonchev–Trinajstić information content (AvgIpc) is 3.36. The Morgan fingerprint density at radius 1 is 1.37 bits per heavy atom. The Hall–Kier alpha value is -3.41. The van der Waals surface area contributed by atoms with Crippen LogP contribution in [-0.4, -0.2) is 68.8 Å². The van der Waals surface area contributed by atoms with Crippen LogP contribution in [0.5, 0.6) is 0 Å². The van der Waals surface area contributed by atoms with Crippen molar-refractivity contribution in [2.75, 3.05) is 26.7 Å². The van der Waals surface area contributed by atoms with Gasteiger partial charge in [0.2, 0.25) is 5.82 Å². The summed E-state index contributed by atoms with van der Waals surface area (Å²) in [5.74, 6) is -0.0383. The summed E-state index contributed by atoms with van der Waals surface area (Å²) >= 11 is 0. The van der Waals surface area contributed by atoms with Crippen LogP contribution in [0.4, 0.5) is 4.79 Å². The first-order chi connectivity index (χ1) is 14.2. The number of ether oxygens (including phenoxy) is 1. The van der Waals surface area contributed by atoms with E-state index >= 15 is 0 Å². The van der Waals surface area contributed by atoms with Crippen LogP contribution in [0.15, 0.2) is 30.6 Å². The first-order valence-corrected chi connectivity index (χ1v) is 9.82. The lowest BCUT2D eigenvalue weighted by Crippen LogP contribution is -2.37. The van der Waals surface area contributed by atoms with Crippen LogP contribution in [-0.2, 0) is 4.74 Å². The SMILES string of the molecule is CN(C[C@H]1CCN(C(=O)OC(C)(C)C)C1)C(=O)c1ncn(-c2cccc(C#N)c2)n1. The molecule has 3 rings (SSSR count). The van der Waals surface area contributed by atoms with Gasteiger partial charge in [0.25, 0.3) is 5.91 Å². The molecule has 2 heterocycles. The molecule has 0 radical (unpaired) electrons. The molecule has 1 fully saturated rings. The minimum Gasteiger partial charge on any atom is -0.444 e. The van der Waals surface area contributed by atoms with E-state index in [1.165, 1.54) is 11.0 Å². The molecular weight excluding hydrogens is 384 g/mol. The zero-order chi connectivity index (χ0) is 21.9. The number of carbonyl (C=O) groups excluding carboxylic acids is 2. The third-order valence-corrected chi connectivity index (χ3v) is 4.74. The van der Waals surface area contributed by atoms with Crippen LogP contribution in [0.1, 0.15) is 43.4 Å². The van der Waals surface area contributed by atoms with Crippen molar-refractivity contribution < 1.29 is 14.3 Å². The van der Waals surface area contributed by atoms with Gasteiger partial charge in [0.1, 0.15) is 11.9 Å². The van der Waals surface area contributed by atoms with Crippen molar-refractivity contribution in [2.45, 2.75) is 32.8 Å². The molecule has 30 heavy (non-hydrogen) atoms. The molecule has 0 saturated carbocycles. The highest BCUT2D eigenvalue weighted by atomic mass is 16.6. The second kappa shape index (κ2) is 8.53. The second-order valence-corrected chi connectivity index (χ2v) is 8.44. The molecule has 1 aliphatic heterocycles. The zero-order valence-electron chi connectivity index (χ0n) is 17.7. The van der Waals surface area contributed by atoms with Gasteiger partial charge in [-0.2, -0.15) is 5.26 Å². The van der Waals surface area contributed by atoms with E-state index in [9.17, 15) is 9.59 Å². The lowest BCUT2D eigenvalue weighted by Gasteiger charge is -2.25. The van der Waals surface area contributed by atoms with Gasteiger partial charge in [-0.25, -0.2) is 14.5 Å². The Balaban J connectivity index is 1.58. The Morgan fingerprint density at radius 3 is 2.83 bits per heavy atom. The number of hydrogen-bond acceptors (Lipinski definition) is 6. The number of carbonyl (C=O) groups is 2. The van der Waals surface area contributed by atoms with E-state index in [1.54, 1.807) is 41.1 Å². The molecule has 0 bridgehead atoms. The van der Waals surface area contributed by atoms with Crippen molar-refractivity contribution >= 4 is 12.0 Å². The molecule has 9 nitrogen and oxygen atoms in total. The molecule has 0 aliphatic carbocycles. The average molecular weight is 410 g/mol. The lowest BCUT2D eigenvalue weighted by atomic mass is 10.1. The first-order valence-electron chi connectivity index (χ1n) is 9.82. The molecule has 0 spiro atoms. The van der Waals surface area contributed by atoms with Gasteiger partial charge < -0.3 is 14.5 Å². The number of nitrogens with zero attached hydrogens (tertiary/aromatic N) is 6. The Kier molecular flexibility index (Phi) is 6.06. The van der Waals surface area contributed by atoms with Crippen LogP contribution in [0, 0.1) is 17.2 Å². The molecule has 1 aliphatic rings. The molecule has 1 saturated heterocycles. The summed E-state index contributed by atoms with van der Waals surface area (Å²) in [6, 6.07) is 8.99. The molecule has 1 aromatic carbocycles. The van der Waals surface area contributed by atoms with Crippen LogP contribution < -0.4 is 0 Å². The van der Waals surface area contributed by atoms with Gasteiger partial charge in [0.15, 0.2) is 0 Å². The predicted octanol–water partition coefficient (Wildman–Crippen LogP) is 2.47. The third-order valence-electron chi connectivity index (χ3n) is 4.74. The number of aromatic nitrogens is 3. The maximum atomic E-state index is 12.7. The summed E-state index contributed by atoms with van der Waals surface area (Å²) in [6.45, 7) is 7.18. The van der Waals surface area contributed by atoms with Gasteiger partial charge in [0.05, 0.1) is 17.3 Å². The van der Waals surface area contributed by atoms with Gasteiger partial charge in [-0.3, -0.25) is 4.79 Å². The highest BCUT2D eigenvalue weighted by molar-refractivity contribution is 5.90. The van der Waals surface area contributed by atoms with E-state index in [1.807, 2.05) is 20.8 Å². The molecule has 2 amide bonds. The number of benzene rings is 1. The highest BCUT2D eigenvalue weighted by Crippen LogP contribution is 2.20. The van der Waals surface area contributed by atoms with Crippen LogP contribution in [0.25, 0.3) is 5.69 Å². The quantitative estimate of drug-likeness (QED) is 0.767. The van der Waals surface area contributed by atoms with Crippen molar-refractivity contribution in [2.24, 2.45) is 5.92 Å². The molecule has 2 aromatic rings. The smallest absolute Gasteiger partial charge is 0.410 e. The van der Waals surface area contributed by atoms with Crippen molar-refractivity contribution in [3.8, 4) is 11.8 Å². The fourth-order valence-corrected chi connectivity index (χ4v) is 3.32. The summed E-state index contributed by atoms with van der Waals surface area (Å²) in [4.78, 5) is 32.3. The molecule has 0 N–H and O–H groups in total. The van der Waals surface area contributed by atoms with E-state index in [2.05, 4.69) is 16.2 Å². The number of nitriles is 1. The van der Waals surface area contributed by atoms with Gasteiger partial charge in [-0.15, -0.1) is 5.10 Å². The van der Waals surface area contributed by atoms with Crippen LogP contribution >= 0.6 is 0 Å². The third kappa shape index (κ3) is 5.14. The first kappa shape index (κ1) is 21.3. The molecule has 1 aromatic heterocycles. The highest BCUT2D eigenvalue weighted by Gasteiger charge is 2.31. The second-order valence-electron chi connectivity index (χ2n) is 8.44. The molecule has 158 valence electrons. The molecule has 1 atom stereocenters. The van der Waals surface area contributed by atoms with Crippen molar-refractivity contribution in [1.29, 1.82) is 5.26 Å². The van der Waals surface area contributed by atoms with Gasteiger partial charge in [-0.1, -0.05) is 6.07 Å². The largest absolute Gasteiger partial charge is 0.444 e. The topological polar surface area (TPSA) is 104 Å². The minimum atomic E-state index is -0.529. The van der Waals surface area contributed by atoms with Gasteiger partial charge in [0, 0.05) is 26.7 Å². The maximum absolute atomic E-state index is 12.7. The summed E-state index contributed by atoms with van der Waals surface area (Å²) in [6.07, 6.45) is 1.94.